The molecule has 1 heterocycles. The van der Waals surface area contributed by atoms with Crippen LogP contribution in [0.2, 0.25) is 5.02 Å². The fourth-order valence-electron chi connectivity index (χ4n) is 2.18. The van der Waals surface area contributed by atoms with E-state index in [0.717, 1.165) is 4.90 Å². The van der Waals surface area contributed by atoms with Gasteiger partial charge in [0.2, 0.25) is 11.8 Å². The number of hydrogen-bond acceptors (Lipinski definition) is 5. The first-order chi connectivity index (χ1) is 10.9. The van der Waals surface area contributed by atoms with Gasteiger partial charge in [-0.25, -0.2) is 9.69 Å². The molecule has 0 unspecified atom stereocenters. The van der Waals surface area contributed by atoms with Crippen LogP contribution in [0.25, 0.3) is 0 Å². The van der Waals surface area contributed by atoms with Crippen LogP contribution in [0.15, 0.2) is 24.3 Å². The van der Waals surface area contributed by atoms with Crippen molar-refractivity contribution in [1.82, 2.24) is 0 Å². The molecule has 124 valence electrons. The lowest BCUT2D eigenvalue weighted by Crippen LogP contribution is -2.66. The molecule has 1 fully saturated rings. The van der Waals surface area contributed by atoms with Gasteiger partial charge < -0.3 is 10.5 Å². The van der Waals surface area contributed by atoms with Gasteiger partial charge in [-0.3, -0.25) is 9.59 Å². The largest absolute Gasteiger partial charge is 0.462 e. The van der Waals surface area contributed by atoms with Crippen molar-refractivity contribution >= 4 is 46.8 Å². The summed E-state index contributed by atoms with van der Waals surface area (Å²) in [4.78, 5) is 37.3. The molecule has 0 radical (unpaired) electrons. The van der Waals surface area contributed by atoms with E-state index in [0.29, 0.717) is 23.1 Å². The predicted octanol–water partition coefficient (Wildman–Crippen LogP) is 0.879. The quantitative estimate of drug-likeness (QED) is 0.602. The highest BCUT2D eigenvalue weighted by molar-refractivity contribution is 8.00. The van der Waals surface area contributed by atoms with Crippen molar-refractivity contribution < 1.29 is 24.9 Å². The number of amides is 2. The molecule has 8 heteroatoms. The molecule has 3 N–H and O–H groups in total. The summed E-state index contributed by atoms with van der Waals surface area (Å²) in [7, 11) is 0. The minimum atomic E-state index is -0.567. The second-order valence-corrected chi connectivity index (χ2v) is 6.69. The van der Waals surface area contributed by atoms with E-state index in [1.54, 1.807) is 31.2 Å². The number of imide groups is 1. The lowest BCUT2D eigenvalue weighted by Gasteiger charge is -2.15. The summed E-state index contributed by atoms with van der Waals surface area (Å²) in [5.41, 5.74) is 4.19. The lowest BCUT2D eigenvalue weighted by atomic mass is 10.3. The molecule has 0 bridgehead atoms. The zero-order valence-corrected chi connectivity index (χ0v) is 14.2. The van der Waals surface area contributed by atoms with Crippen LogP contribution < -0.4 is 10.6 Å². The number of rotatable bonds is 6. The number of quaternary nitrogens is 1. The van der Waals surface area contributed by atoms with Crippen LogP contribution in [0.1, 0.15) is 13.3 Å². The molecule has 1 aromatic carbocycles. The Kier molecular flexibility index (Phi) is 6.04. The number of halogens is 1. The van der Waals surface area contributed by atoms with Crippen molar-refractivity contribution in [3.63, 3.8) is 0 Å². The van der Waals surface area contributed by atoms with Crippen molar-refractivity contribution in [2.24, 2.45) is 0 Å². The Morgan fingerprint density at radius 1 is 1.52 bits per heavy atom. The second kappa shape index (κ2) is 7.81. The fraction of sp³-hybridized carbons (Fsp3) is 0.400. The summed E-state index contributed by atoms with van der Waals surface area (Å²) >= 11 is 7.16. The number of nitrogens with zero attached hydrogens (tertiary/aromatic N) is 1. The van der Waals surface area contributed by atoms with Crippen LogP contribution in [0.5, 0.6) is 0 Å². The van der Waals surface area contributed by atoms with Gasteiger partial charge in [-0.2, -0.15) is 0 Å². The number of hydrogen-bond donors (Lipinski definition) is 1. The van der Waals surface area contributed by atoms with Crippen molar-refractivity contribution in [2.75, 3.05) is 17.3 Å². The molecular formula is C15H18ClN2O4S+. The molecule has 1 saturated heterocycles. The number of thioether (sulfide) groups is 1. The Balaban J connectivity index is 2.00. The fourth-order valence-corrected chi connectivity index (χ4v) is 3.47. The van der Waals surface area contributed by atoms with E-state index >= 15 is 0 Å². The van der Waals surface area contributed by atoms with Gasteiger partial charge in [0, 0.05) is 11.4 Å². The van der Waals surface area contributed by atoms with Crippen molar-refractivity contribution in [3.05, 3.63) is 29.3 Å². The zero-order chi connectivity index (χ0) is 17.0. The third-order valence-corrected chi connectivity index (χ3v) is 4.89. The Hall–Kier alpha value is -1.57. The minimum absolute atomic E-state index is 0.103. The van der Waals surface area contributed by atoms with Crippen LogP contribution in [-0.2, 0) is 19.1 Å². The topological polar surface area (TPSA) is 91.3 Å². The highest BCUT2D eigenvalue weighted by Gasteiger charge is 2.40. The van der Waals surface area contributed by atoms with Crippen molar-refractivity contribution in [2.45, 2.75) is 24.6 Å². The Morgan fingerprint density at radius 2 is 2.26 bits per heavy atom. The first-order valence-corrected chi connectivity index (χ1v) is 8.60. The molecule has 6 nitrogen and oxygen atoms in total. The van der Waals surface area contributed by atoms with E-state index < -0.39 is 17.3 Å². The Bertz CT molecular complexity index is 625. The van der Waals surface area contributed by atoms with Crippen LogP contribution in [0, 0.1) is 0 Å². The maximum atomic E-state index is 12.4. The van der Waals surface area contributed by atoms with Gasteiger partial charge in [0.15, 0.2) is 6.04 Å². The van der Waals surface area contributed by atoms with Crippen LogP contribution in [-0.4, -0.2) is 41.4 Å². The van der Waals surface area contributed by atoms with E-state index in [4.69, 9.17) is 16.3 Å². The molecule has 0 aliphatic carbocycles. The first kappa shape index (κ1) is 17.8. The molecule has 1 aromatic rings. The number of carbonyl (C=O) groups excluding carboxylic acids is 3. The molecule has 0 spiro atoms. The highest BCUT2D eigenvalue weighted by Crippen LogP contribution is 2.30. The average molecular weight is 358 g/mol. The maximum absolute atomic E-state index is 12.4. The van der Waals surface area contributed by atoms with Gasteiger partial charge in [-0.15, -0.1) is 11.8 Å². The summed E-state index contributed by atoms with van der Waals surface area (Å²) in [6.07, 6.45) is 0.103. The van der Waals surface area contributed by atoms with Crippen LogP contribution in [0.3, 0.4) is 0 Å². The van der Waals surface area contributed by atoms with E-state index in [-0.39, 0.29) is 18.2 Å². The number of ether oxygens (including phenoxy) is 1. The van der Waals surface area contributed by atoms with Gasteiger partial charge in [0.1, 0.15) is 0 Å². The van der Waals surface area contributed by atoms with Gasteiger partial charge in [0.25, 0.3) is 0 Å². The molecule has 23 heavy (non-hydrogen) atoms. The molecule has 1 aliphatic rings. The molecule has 2 atom stereocenters. The normalized spacial score (nSPS) is 19.1. The van der Waals surface area contributed by atoms with Crippen LogP contribution in [0.4, 0.5) is 5.69 Å². The van der Waals surface area contributed by atoms with Crippen molar-refractivity contribution in [3.8, 4) is 0 Å². The number of carbonyl (C=O) groups is 3. The smallest absolute Gasteiger partial charge is 0.365 e. The number of benzene rings is 1. The summed E-state index contributed by atoms with van der Waals surface area (Å²) < 4.78 is 4.88. The summed E-state index contributed by atoms with van der Waals surface area (Å²) in [6, 6.07) is 6.04. The first-order valence-electron chi connectivity index (χ1n) is 7.17. The average Bonchev–Trinajstić information content (AvgIpc) is 2.79. The van der Waals surface area contributed by atoms with Gasteiger partial charge in [-0.1, -0.05) is 17.7 Å². The summed E-state index contributed by atoms with van der Waals surface area (Å²) in [5, 5.41) is -0.0560. The number of esters is 1. The summed E-state index contributed by atoms with van der Waals surface area (Å²) in [5.74, 6) is -0.639. The van der Waals surface area contributed by atoms with Gasteiger partial charge in [0.05, 0.1) is 23.3 Å². The molecule has 2 rings (SSSR count). The Labute approximate surface area is 143 Å². The second-order valence-electron chi connectivity index (χ2n) is 5.02. The number of anilines is 1. The Morgan fingerprint density at radius 3 is 2.91 bits per heavy atom. The van der Waals surface area contributed by atoms with E-state index in [1.807, 2.05) is 0 Å². The monoisotopic (exact) mass is 357 g/mol. The highest BCUT2D eigenvalue weighted by atomic mass is 35.5. The van der Waals surface area contributed by atoms with Crippen LogP contribution >= 0.6 is 23.4 Å². The molecular weight excluding hydrogens is 340 g/mol. The molecule has 0 saturated carbocycles. The van der Waals surface area contributed by atoms with E-state index in [1.165, 1.54) is 11.8 Å². The SMILES string of the molecule is CCOC(=O)[C@@H]([NH3+])CS[C@H]1CC(=O)N(c2cccc(Cl)c2)C1=O. The minimum Gasteiger partial charge on any atom is -0.462 e. The zero-order valence-electron chi connectivity index (χ0n) is 12.7. The van der Waals surface area contributed by atoms with E-state index in [9.17, 15) is 14.4 Å². The van der Waals surface area contributed by atoms with Gasteiger partial charge in [-0.05, 0) is 25.1 Å². The maximum Gasteiger partial charge on any atom is 0.365 e. The summed E-state index contributed by atoms with van der Waals surface area (Å²) in [6.45, 7) is 2.01. The molecule has 0 aromatic heterocycles. The molecule has 1 aliphatic heterocycles. The third kappa shape index (κ3) is 4.25. The molecule has 2 amide bonds. The lowest BCUT2D eigenvalue weighted by molar-refractivity contribution is -0.401. The van der Waals surface area contributed by atoms with E-state index in [2.05, 4.69) is 5.73 Å². The predicted molar refractivity (Wildman–Crippen MR) is 88.1 cm³/mol. The van der Waals surface area contributed by atoms with Gasteiger partial charge >= 0.3 is 5.97 Å². The van der Waals surface area contributed by atoms with Crippen molar-refractivity contribution in [1.29, 1.82) is 0 Å². The third-order valence-electron chi connectivity index (χ3n) is 3.29. The standard InChI is InChI=1S/C15H17ClN2O4S/c1-2-22-15(21)11(17)8-23-12-7-13(19)18(14(12)20)10-5-3-4-9(16)6-10/h3-6,11-12H,2,7-8,17H2,1H3/p+1/t11-,12-/m0/s1.